The van der Waals surface area contributed by atoms with Gasteiger partial charge in [-0.2, -0.15) is 0 Å². The van der Waals surface area contributed by atoms with Gasteiger partial charge in [-0.3, -0.25) is 4.98 Å². The fraction of sp³-hybridized carbons (Fsp3) is 0.133. The molecular weight excluding hydrogens is 268 g/mol. The number of nitrogens with zero attached hydrogens (tertiary/aromatic N) is 3. The van der Waals surface area contributed by atoms with Crippen molar-refractivity contribution in [1.29, 1.82) is 0 Å². The molecule has 0 saturated heterocycles. The van der Waals surface area contributed by atoms with Gasteiger partial charge in [-0.05, 0) is 23.8 Å². The average molecular weight is 282 g/mol. The van der Waals surface area contributed by atoms with E-state index in [1.807, 2.05) is 36.5 Å². The second kappa shape index (κ2) is 5.38. The molecule has 3 aromatic rings. The third-order valence-corrected chi connectivity index (χ3v) is 3.27. The van der Waals surface area contributed by atoms with Crippen LogP contribution in [0.5, 0.6) is 0 Å². The van der Waals surface area contributed by atoms with E-state index < -0.39 is 0 Å². The van der Waals surface area contributed by atoms with Crippen LogP contribution in [0.4, 0.5) is 0 Å². The van der Waals surface area contributed by atoms with Crippen LogP contribution >= 0.6 is 12.2 Å². The number of fused-ring (bicyclic) bond motifs is 1. The van der Waals surface area contributed by atoms with E-state index in [0.29, 0.717) is 18.0 Å². The van der Waals surface area contributed by atoms with Crippen molar-refractivity contribution in [2.45, 2.75) is 13.0 Å². The molecule has 0 radical (unpaired) electrons. The Balaban J connectivity index is 2.08. The van der Waals surface area contributed by atoms with E-state index in [4.69, 9.17) is 18.0 Å². The van der Waals surface area contributed by atoms with Gasteiger partial charge in [-0.15, -0.1) is 0 Å². The monoisotopic (exact) mass is 282 g/mol. The highest BCUT2D eigenvalue weighted by atomic mass is 32.1. The Kier molecular flexibility index (Phi) is 3.43. The van der Waals surface area contributed by atoms with E-state index in [-0.39, 0.29) is 0 Å². The van der Waals surface area contributed by atoms with Gasteiger partial charge in [0.2, 0.25) is 0 Å². The first-order chi connectivity index (χ1) is 9.74. The topological polar surface area (TPSA) is 56.7 Å². The number of nitrogens with two attached hydrogens (primary N) is 1. The van der Waals surface area contributed by atoms with Crippen molar-refractivity contribution in [3.8, 4) is 0 Å². The first kappa shape index (κ1) is 12.7. The van der Waals surface area contributed by atoms with Crippen LogP contribution in [0, 0.1) is 0 Å². The van der Waals surface area contributed by atoms with E-state index in [2.05, 4.69) is 20.6 Å². The van der Waals surface area contributed by atoms with Crippen molar-refractivity contribution >= 4 is 28.2 Å². The fourth-order valence-electron chi connectivity index (χ4n) is 2.27. The Labute approximate surface area is 122 Å². The van der Waals surface area contributed by atoms with Crippen molar-refractivity contribution in [2.75, 3.05) is 0 Å². The number of thiocarbonyl (C=S) groups is 1. The van der Waals surface area contributed by atoms with Gasteiger partial charge in [0.25, 0.3) is 0 Å². The molecule has 0 aliphatic heterocycles. The number of pyridine rings is 1. The summed E-state index contributed by atoms with van der Waals surface area (Å²) in [7, 11) is 0. The highest BCUT2D eigenvalue weighted by Gasteiger charge is 2.11. The molecule has 3 rings (SSSR count). The van der Waals surface area contributed by atoms with Crippen LogP contribution < -0.4 is 5.73 Å². The zero-order valence-electron chi connectivity index (χ0n) is 10.9. The molecule has 0 aliphatic carbocycles. The summed E-state index contributed by atoms with van der Waals surface area (Å²) in [6.07, 6.45) is 4.13. The maximum atomic E-state index is 5.67. The smallest absolute Gasteiger partial charge is 0.116 e. The molecule has 0 spiro atoms. The summed E-state index contributed by atoms with van der Waals surface area (Å²) in [5.41, 5.74) is 8.85. The largest absolute Gasteiger partial charge is 0.393 e. The van der Waals surface area contributed by atoms with Gasteiger partial charge in [-0.1, -0.05) is 30.4 Å². The SMILES string of the molecule is NC(=S)Cc1nc2ccccc2n1Cc1cccnc1. The van der Waals surface area contributed by atoms with Gasteiger partial charge >= 0.3 is 0 Å². The van der Waals surface area contributed by atoms with Crippen LogP contribution in [0.25, 0.3) is 11.0 Å². The van der Waals surface area contributed by atoms with Crippen molar-refractivity contribution in [3.63, 3.8) is 0 Å². The molecule has 2 N–H and O–H groups in total. The molecule has 5 heteroatoms. The van der Waals surface area contributed by atoms with Crippen LogP contribution in [-0.4, -0.2) is 19.5 Å². The zero-order chi connectivity index (χ0) is 13.9. The molecule has 1 aromatic carbocycles. The molecule has 0 atom stereocenters. The lowest BCUT2D eigenvalue weighted by atomic mass is 10.2. The van der Waals surface area contributed by atoms with Crippen molar-refractivity contribution in [1.82, 2.24) is 14.5 Å². The van der Waals surface area contributed by atoms with Crippen molar-refractivity contribution in [3.05, 3.63) is 60.2 Å². The quantitative estimate of drug-likeness (QED) is 0.746. The zero-order valence-corrected chi connectivity index (χ0v) is 11.7. The van der Waals surface area contributed by atoms with E-state index in [1.165, 1.54) is 0 Å². The number of para-hydroxylation sites is 2. The summed E-state index contributed by atoms with van der Waals surface area (Å²) in [6, 6.07) is 12.0. The summed E-state index contributed by atoms with van der Waals surface area (Å²) in [4.78, 5) is 9.23. The van der Waals surface area contributed by atoms with Crippen molar-refractivity contribution in [2.24, 2.45) is 5.73 Å². The molecule has 0 aliphatic rings. The van der Waals surface area contributed by atoms with E-state index in [0.717, 1.165) is 22.4 Å². The molecule has 0 unspecified atom stereocenters. The first-order valence-electron chi connectivity index (χ1n) is 6.35. The third-order valence-electron chi connectivity index (χ3n) is 3.13. The molecule has 0 saturated carbocycles. The lowest BCUT2D eigenvalue weighted by molar-refractivity contribution is 0.771. The van der Waals surface area contributed by atoms with Gasteiger partial charge in [-0.25, -0.2) is 4.98 Å². The Morgan fingerprint density at radius 3 is 2.80 bits per heavy atom. The van der Waals surface area contributed by atoms with Crippen molar-refractivity contribution < 1.29 is 0 Å². The third kappa shape index (κ3) is 2.53. The number of rotatable bonds is 4. The standard InChI is InChI=1S/C15H14N4S/c16-14(20)8-15-18-12-5-1-2-6-13(12)19(15)10-11-4-3-7-17-9-11/h1-7,9H,8,10H2,(H2,16,20). The minimum absolute atomic E-state index is 0.452. The van der Waals surface area contributed by atoms with Gasteiger partial charge in [0.05, 0.1) is 29.0 Å². The van der Waals surface area contributed by atoms with Gasteiger partial charge in [0, 0.05) is 12.4 Å². The Morgan fingerprint density at radius 1 is 1.20 bits per heavy atom. The summed E-state index contributed by atoms with van der Waals surface area (Å²) < 4.78 is 2.14. The molecule has 20 heavy (non-hydrogen) atoms. The maximum Gasteiger partial charge on any atom is 0.116 e. The van der Waals surface area contributed by atoms with E-state index in [9.17, 15) is 0 Å². The normalized spacial score (nSPS) is 10.8. The maximum absolute atomic E-state index is 5.67. The molecule has 2 aromatic heterocycles. The molecule has 0 fully saturated rings. The molecule has 0 amide bonds. The lowest BCUT2D eigenvalue weighted by Gasteiger charge is -2.08. The van der Waals surface area contributed by atoms with Gasteiger partial charge in [0.15, 0.2) is 0 Å². The summed E-state index contributed by atoms with van der Waals surface area (Å²) in [5.74, 6) is 0.891. The average Bonchev–Trinajstić information content (AvgIpc) is 2.77. The number of hydrogen-bond donors (Lipinski definition) is 1. The number of imidazole rings is 1. The van der Waals surface area contributed by atoms with E-state index >= 15 is 0 Å². The highest BCUT2D eigenvalue weighted by Crippen LogP contribution is 2.18. The number of benzene rings is 1. The Bertz CT molecular complexity index is 749. The van der Waals surface area contributed by atoms with Crippen LogP contribution in [0.1, 0.15) is 11.4 Å². The minimum Gasteiger partial charge on any atom is -0.393 e. The molecule has 0 bridgehead atoms. The van der Waals surface area contributed by atoms with Crippen LogP contribution in [0.3, 0.4) is 0 Å². The van der Waals surface area contributed by atoms with Gasteiger partial charge < -0.3 is 10.3 Å². The molecule has 2 heterocycles. The number of aromatic nitrogens is 3. The number of hydrogen-bond acceptors (Lipinski definition) is 3. The summed E-state index contributed by atoms with van der Waals surface area (Å²) in [5, 5.41) is 0. The first-order valence-corrected chi connectivity index (χ1v) is 6.76. The lowest BCUT2D eigenvalue weighted by Crippen LogP contribution is -2.16. The highest BCUT2D eigenvalue weighted by molar-refractivity contribution is 7.80. The van der Waals surface area contributed by atoms with Crippen LogP contribution in [-0.2, 0) is 13.0 Å². The Hall–Kier alpha value is -2.27. The summed E-state index contributed by atoms with van der Waals surface area (Å²) >= 11 is 5.02. The van der Waals surface area contributed by atoms with Gasteiger partial charge in [0.1, 0.15) is 5.82 Å². The minimum atomic E-state index is 0.452. The molecule has 4 nitrogen and oxygen atoms in total. The van der Waals surface area contributed by atoms with E-state index in [1.54, 1.807) is 6.20 Å². The molecule has 100 valence electrons. The molecular formula is C15H14N4S. The predicted molar refractivity (Wildman–Crippen MR) is 83.6 cm³/mol. The second-order valence-corrected chi connectivity index (χ2v) is 5.13. The second-order valence-electron chi connectivity index (χ2n) is 4.61. The summed E-state index contributed by atoms with van der Waals surface area (Å²) in [6.45, 7) is 0.715. The Morgan fingerprint density at radius 2 is 2.05 bits per heavy atom. The predicted octanol–water partition coefficient (Wildman–Crippen LogP) is 2.31. The fourth-order valence-corrected chi connectivity index (χ4v) is 2.40. The van der Waals surface area contributed by atoms with Crippen LogP contribution in [0.2, 0.25) is 0 Å². The van der Waals surface area contributed by atoms with Crippen LogP contribution in [0.15, 0.2) is 48.8 Å².